The summed E-state index contributed by atoms with van der Waals surface area (Å²) in [6, 6.07) is 5.26. The van der Waals surface area contributed by atoms with Gasteiger partial charge in [-0.05, 0) is 19.1 Å². The molecule has 0 fully saturated rings. The van der Waals surface area contributed by atoms with Gasteiger partial charge >= 0.3 is 0 Å². The van der Waals surface area contributed by atoms with Crippen molar-refractivity contribution >= 4 is 23.2 Å². The Labute approximate surface area is 109 Å². The van der Waals surface area contributed by atoms with Gasteiger partial charge in [-0.3, -0.25) is 0 Å². The van der Waals surface area contributed by atoms with E-state index in [2.05, 4.69) is 10.2 Å². The summed E-state index contributed by atoms with van der Waals surface area (Å²) in [5.74, 6) is 1.07. The van der Waals surface area contributed by atoms with Crippen LogP contribution < -0.4 is 0 Å². The predicted molar refractivity (Wildman–Crippen MR) is 67.1 cm³/mol. The minimum atomic E-state index is -0.164. The highest BCUT2D eigenvalue weighted by molar-refractivity contribution is 6.38. The van der Waals surface area contributed by atoms with Gasteiger partial charge in [0.1, 0.15) is 6.61 Å². The van der Waals surface area contributed by atoms with Gasteiger partial charge in [-0.25, -0.2) is 0 Å². The van der Waals surface area contributed by atoms with Crippen molar-refractivity contribution in [1.29, 1.82) is 0 Å². The highest BCUT2D eigenvalue weighted by atomic mass is 35.5. The van der Waals surface area contributed by atoms with Crippen LogP contribution in [0.3, 0.4) is 0 Å². The molecule has 0 saturated heterocycles. The van der Waals surface area contributed by atoms with Crippen molar-refractivity contribution in [3.8, 4) is 11.4 Å². The van der Waals surface area contributed by atoms with Crippen LogP contribution in [0.4, 0.5) is 0 Å². The third kappa shape index (κ3) is 2.16. The molecule has 1 heterocycles. The van der Waals surface area contributed by atoms with Crippen LogP contribution >= 0.6 is 23.2 Å². The Balaban J connectivity index is 2.64. The second kappa shape index (κ2) is 5.04. The van der Waals surface area contributed by atoms with Gasteiger partial charge in [0, 0.05) is 6.54 Å². The van der Waals surface area contributed by atoms with E-state index >= 15 is 0 Å². The first-order valence-electron chi connectivity index (χ1n) is 5.16. The molecule has 0 amide bonds. The summed E-state index contributed by atoms with van der Waals surface area (Å²) in [6.07, 6.45) is 0. The van der Waals surface area contributed by atoms with Crippen LogP contribution in [0.1, 0.15) is 12.7 Å². The maximum atomic E-state index is 9.16. The molecule has 4 nitrogen and oxygen atoms in total. The lowest BCUT2D eigenvalue weighted by Crippen LogP contribution is -2.03. The molecular weight excluding hydrogens is 261 g/mol. The molecule has 2 aromatic rings. The number of hydrogen-bond donors (Lipinski definition) is 1. The van der Waals surface area contributed by atoms with Gasteiger partial charge in [0.2, 0.25) is 0 Å². The van der Waals surface area contributed by atoms with E-state index in [9.17, 15) is 0 Å². The first-order valence-corrected chi connectivity index (χ1v) is 5.92. The van der Waals surface area contributed by atoms with Crippen molar-refractivity contribution in [2.45, 2.75) is 20.1 Å². The molecule has 0 unspecified atom stereocenters. The summed E-state index contributed by atoms with van der Waals surface area (Å²) >= 11 is 12.2. The molecule has 17 heavy (non-hydrogen) atoms. The van der Waals surface area contributed by atoms with Crippen LogP contribution in [-0.4, -0.2) is 19.9 Å². The molecule has 1 aromatic carbocycles. The third-order valence-corrected chi connectivity index (χ3v) is 3.10. The van der Waals surface area contributed by atoms with E-state index in [1.165, 1.54) is 0 Å². The molecule has 1 aromatic heterocycles. The Bertz CT molecular complexity index is 519. The van der Waals surface area contributed by atoms with Gasteiger partial charge in [-0.2, -0.15) is 0 Å². The molecular formula is C11H11Cl2N3O. The number of hydrogen-bond acceptors (Lipinski definition) is 3. The summed E-state index contributed by atoms with van der Waals surface area (Å²) < 4.78 is 1.78. The highest BCUT2D eigenvalue weighted by Crippen LogP contribution is 2.33. The Kier molecular flexibility index (Phi) is 3.66. The van der Waals surface area contributed by atoms with Crippen molar-refractivity contribution in [3.05, 3.63) is 34.1 Å². The van der Waals surface area contributed by atoms with Gasteiger partial charge < -0.3 is 9.67 Å². The Morgan fingerprint density at radius 1 is 1.24 bits per heavy atom. The molecule has 0 aliphatic heterocycles. The van der Waals surface area contributed by atoms with Crippen LogP contribution in [0.25, 0.3) is 11.4 Å². The van der Waals surface area contributed by atoms with E-state index in [1.807, 2.05) is 6.92 Å². The fourth-order valence-electron chi connectivity index (χ4n) is 1.68. The zero-order chi connectivity index (χ0) is 12.4. The predicted octanol–water partition coefficient (Wildman–Crippen LogP) is 2.76. The van der Waals surface area contributed by atoms with Crippen molar-refractivity contribution < 1.29 is 5.11 Å². The fraction of sp³-hybridized carbons (Fsp3) is 0.273. The maximum Gasteiger partial charge on any atom is 0.167 e. The lowest BCUT2D eigenvalue weighted by Gasteiger charge is -2.08. The lowest BCUT2D eigenvalue weighted by molar-refractivity contribution is 0.265. The van der Waals surface area contributed by atoms with E-state index in [-0.39, 0.29) is 6.61 Å². The largest absolute Gasteiger partial charge is 0.388 e. The van der Waals surface area contributed by atoms with Gasteiger partial charge in [0.05, 0.1) is 15.6 Å². The first-order chi connectivity index (χ1) is 8.19. The van der Waals surface area contributed by atoms with Crippen molar-refractivity contribution in [1.82, 2.24) is 14.8 Å². The number of aromatic nitrogens is 3. The Hall–Kier alpha value is -1.10. The zero-order valence-corrected chi connectivity index (χ0v) is 10.7. The molecule has 0 bridgehead atoms. The summed E-state index contributed by atoms with van der Waals surface area (Å²) in [4.78, 5) is 0. The first kappa shape index (κ1) is 12.4. The molecule has 0 aliphatic rings. The summed E-state index contributed by atoms with van der Waals surface area (Å²) in [5.41, 5.74) is 0.643. The molecule has 0 aliphatic carbocycles. The topological polar surface area (TPSA) is 50.9 Å². The van der Waals surface area contributed by atoms with Gasteiger partial charge in [-0.15, -0.1) is 10.2 Å². The molecule has 1 N–H and O–H groups in total. The van der Waals surface area contributed by atoms with E-state index in [0.717, 1.165) is 0 Å². The summed E-state index contributed by atoms with van der Waals surface area (Å²) in [5, 5.41) is 18.1. The number of nitrogens with zero attached hydrogens (tertiary/aromatic N) is 3. The number of benzene rings is 1. The summed E-state index contributed by atoms with van der Waals surface area (Å²) in [7, 11) is 0. The van der Waals surface area contributed by atoms with Crippen molar-refractivity contribution in [2.75, 3.05) is 0 Å². The van der Waals surface area contributed by atoms with Crippen LogP contribution in [-0.2, 0) is 13.2 Å². The number of halogens is 2. The van der Waals surface area contributed by atoms with Crippen molar-refractivity contribution in [3.63, 3.8) is 0 Å². The molecule has 6 heteroatoms. The smallest absolute Gasteiger partial charge is 0.167 e. The van der Waals surface area contributed by atoms with E-state index in [0.29, 0.717) is 33.8 Å². The quantitative estimate of drug-likeness (QED) is 0.934. The minimum absolute atomic E-state index is 0.164. The number of rotatable bonds is 3. The maximum absolute atomic E-state index is 9.16. The van der Waals surface area contributed by atoms with Crippen LogP contribution in [0, 0.1) is 0 Å². The minimum Gasteiger partial charge on any atom is -0.388 e. The normalized spacial score (nSPS) is 10.8. The molecule has 0 spiro atoms. The molecule has 0 atom stereocenters. The Morgan fingerprint density at radius 2 is 1.88 bits per heavy atom. The van der Waals surface area contributed by atoms with Crippen LogP contribution in [0.2, 0.25) is 10.0 Å². The molecule has 0 radical (unpaired) electrons. The third-order valence-electron chi connectivity index (χ3n) is 2.47. The van der Waals surface area contributed by atoms with E-state index in [4.69, 9.17) is 28.3 Å². The monoisotopic (exact) mass is 271 g/mol. The number of aliphatic hydroxyl groups excluding tert-OH is 1. The van der Waals surface area contributed by atoms with Gasteiger partial charge in [0.15, 0.2) is 11.6 Å². The standard InChI is InChI=1S/C11H11Cl2N3O/c1-2-16-9(6-17)14-15-11(16)10-7(12)4-3-5-8(10)13/h3-5,17H,2,6H2,1H3. The lowest BCUT2D eigenvalue weighted by atomic mass is 10.2. The van der Waals surface area contributed by atoms with Crippen LogP contribution in [0.15, 0.2) is 18.2 Å². The second-order valence-electron chi connectivity index (χ2n) is 3.44. The van der Waals surface area contributed by atoms with E-state index < -0.39 is 0 Å². The van der Waals surface area contributed by atoms with E-state index in [1.54, 1.807) is 22.8 Å². The highest BCUT2D eigenvalue weighted by Gasteiger charge is 2.17. The molecule has 0 saturated carbocycles. The van der Waals surface area contributed by atoms with Crippen LogP contribution in [0.5, 0.6) is 0 Å². The van der Waals surface area contributed by atoms with Crippen molar-refractivity contribution in [2.24, 2.45) is 0 Å². The average molecular weight is 272 g/mol. The zero-order valence-electron chi connectivity index (χ0n) is 9.19. The average Bonchev–Trinajstić information content (AvgIpc) is 2.71. The molecule has 2 rings (SSSR count). The van der Waals surface area contributed by atoms with Gasteiger partial charge in [0.25, 0.3) is 0 Å². The Morgan fingerprint density at radius 3 is 2.41 bits per heavy atom. The second-order valence-corrected chi connectivity index (χ2v) is 4.25. The van der Waals surface area contributed by atoms with Gasteiger partial charge in [-0.1, -0.05) is 29.3 Å². The molecule has 90 valence electrons. The fourth-order valence-corrected chi connectivity index (χ4v) is 2.25. The number of aliphatic hydroxyl groups is 1. The SMILES string of the molecule is CCn1c(CO)nnc1-c1c(Cl)cccc1Cl. The summed E-state index contributed by atoms with van der Waals surface area (Å²) in [6.45, 7) is 2.42.